The van der Waals surface area contributed by atoms with Gasteiger partial charge in [-0.25, -0.2) is 4.79 Å². The molecule has 0 aromatic carbocycles. The van der Waals surface area contributed by atoms with Crippen LogP contribution in [0.3, 0.4) is 0 Å². The first-order valence-electron chi connectivity index (χ1n) is 23.2. The number of likely N-dealkylation sites (N-methyl/N-ethyl adjacent to an activating group) is 1. The minimum atomic E-state index is -0.883. The first kappa shape index (κ1) is 54.3. The molecule has 2 atom stereocenters. The maximum atomic E-state index is 12.7. The summed E-state index contributed by atoms with van der Waals surface area (Å²) in [5.41, 5.74) is 0. The molecule has 2 unspecified atom stereocenters. The van der Waals surface area contributed by atoms with E-state index in [0.29, 0.717) is 19.3 Å². The second-order valence-electron chi connectivity index (χ2n) is 16.6. The number of hydrogen-bond acceptors (Lipinski definition) is 6. The van der Waals surface area contributed by atoms with E-state index < -0.39 is 18.1 Å². The third kappa shape index (κ3) is 38.6. The van der Waals surface area contributed by atoms with Crippen LogP contribution in [0.15, 0.2) is 48.6 Å². The van der Waals surface area contributed by atoms with Gasteiger partial charge in [0.25, 0.3) is 0 Å². The van der Waals surface area contributed by atoms with E-state index in [1.54, 1.807) is 0 Å². The summed E-state index contributed by atoms with van der Waals surface area (Å²) in [7, 11) is 5.51. The number of carbonyl (C=O) groups is 3. The Labute approximate surface area is 350 Å². The lowest BCUT2D eigenvalue weighted by Gasteiger charge is -2.31. The van der Waals surface area contributed by atoms with E-state index in [-0.39, 0.29) is 42.7 Å². The number of esters is 2. The molecule has 330 valence electrons. The van der Waals surface area contributed by atoms with Gasteiger partial charge in [0.1, 0.15) is 6.61 Å². The molecule has 0 rings (SSSR count). The summed E-state index contributed by atoms with van der Waals surface area (Å²) in [5, 5.41) is 9.62. The van der Waals surface area contributed by atoms with E-state index in [4.69, 9.17) is 14.2 Å². The van der Waals surface area contributed by atoms with Crippen molar-refractivity contribution in [3.05, 3.63) is 48.6 Å². The monoisotopic (exact) mass is 803 g/mol. The Morgan fingerprint density at radius 3 is 1.51 bits per heavy atom. The number of carboxylic acid groups (broad SMARTS) is 1. The lowest BCUT2D eigenvalue weighted by atomic mass is 10.1. The zero-order chi connectivity index (χ0) is 42.1. The standard InChI is InChI=1S/C49H87NO7/c1-6-8-10-12-14-16-18-20-21-22-23-24-25-26-27-28-30-31-33-35-37-39-47(51)56-44-45(43-55-42-41-46(49(53)54)50(3,4)5)57-48(52)40-38-36-34-32-29-19-17-15-13-11-9-7-2/h9,11,15,17,24-25,29,32,45-46H,6-8,10,12-14,16,18-23,26-28,30-31,33-44H2,1-5H3/p+1/b11-9+,17-15+,25-24+,32-29+. The highest BCUT2D eigenvalue weighted by Crippen LogP contribution is 2.14. The maximum Gasteiger partial charge on any atom is 0.362 e. The van der Waals surface area contributed by atoms with Crippen molar-refractivity contribution >= 4 is 17.9 Å². The molecule has 0 spiro atoms. The molecule has 0 bridgehead atoms. The summed E-state index contributed by atoms with van der Waals surface area (Å²) in [4.78, 5) is 37.0. The minimum Gasteiger partial charge on any atom is -0.477 e. The number of unbranched alkanes of at least 4 members (excludes halogenated alkanes) is 19. The molecule has 0 radical (unpaired) electrons. The average Bonchev–Trinajstić information content (AvgIpc) is 3.17. The summed E-state index contributed by atoms with van der Waals surface area (Å²) in [6.07, 6.45) is 47.4. The fourth-order valence-electron chi connectivity index (χ4n) is 6.63. The van der Waals surface area contributed by atoms with E-state index in [1.807, 2.05) is 21.1 Å². The summed E-state index contributed by atoms with van der Waals surface area (Å²) >= 11 is 0. The van der Waals surface area contributed by atoms with Crippen LogP contribution >= 0.6 is 0 Å². The van der Waals surface area contributed by atoms with Crippen LogP contribution in [0.2, 0.25) is 0 Å². The van der Waals surface area contributed by atoms with Gasteiger partial charge in [-0.05, 0) is 70.6 Å². The largest absolute Gasteiger partial charge is 0.477 e. The van der Waals surface area contributed by atoms with Gasteiger partial charge in [-0.1, -0.05) is 152 Å². The first-order valence-corrected chi connectivity index (χ1v) is 23.2. The molecule has 1 N–H and O–H groups in total. The SMILES string of the molecule is CC/C=C/C/C=C/C/C=C/CCCCC(=O)OC(COCCC(C(=O)O)[N+](C)(C)C)COC(=O)CCCCCCCCC/C=C/CCCCCCCCCCCC. The normalized spacial score (nSPS) is 13.4. The number of hydrogen-bond donors (Lipinski definition) is 1. The van der Waals surface area contributed by atoms with Crippen molar-refractivity contribution in [2.45, 2.75) is 206 Å². The lowest BCUT2D eigenvalue weighted by molar-refractivity contribution is -0.887. The van der Waals surface area contributed by atoms with Crippen LogP contribution in [-0.4, -0.2) is 80.6 Å². The van der Waals surface area contributed by atoms with Crippen LogP contribution in [0.4, 0.5) is 0 Å². The van der Waals surface area contributed by atoms with Gasteiger partial charge in [-0.2, -0.15) is 0 Å². The van der Waals surface area contributed by atoms with Crippen molar-refractivity contribution in [1.29, 1.82) is 0 Å². The third-order valence-corrected chi connectivity index (χ3v) is 10.2. The molecule has 0 aliphatic carbocycles. The molecule has 0 heterocycles. The Bertz CT molecular complexity index is 1070. The zero-order valence-corrected chi connectivity index (χ0v) is 37.5. The highest BCUT2D eigenvalue weighted by Gasteiger charge is 2.31. The fourth-order valence-corrected chi connectivity index (χ4v) is 6.63. The number of carboxylic acids is 1. The van der Waals surface area contributed by atoms with Gasteiger partial charge in [-0.15, -0.1) is 0 Å². The van der Waals surface area contributed by atoms with Crippen molar-refractivity contribution in [3.63, 3.8) is 0 Å². The molecule has 0 aromatic heterocycles. The number of ether oxygens (including phenoxy) is 3. The van der Waals surface area contributed by atoms with Gasteiger partial charge >= 0.3 is 17.9 Å². The summed E-state index contributed by atoms with van der Waals surface area (Å²) in [6, 6.07) is -0.622. The van der Waals surface area contributed by atoms with E-state index >= 15 is 0 Å². The van der Waals surface area contributed by atoms with Crippen LogP contribution < -0.4 is 0 Å². The van der Waals surface area contributed by atoms with Crippen molar-refractivity contribution < 1.29 is 38.2 Å². The van der Waals surface area contributed by atoms with E-state index in [9.17, 15) is 19.5 Å². The Kier molecular flexibility index (Phi) is 38.2. The Morgan fingerprint density at radius 2 is 0.982 bits per heavy atom. The predicted molar refractivity (Wildman–Crippen MR) is 238 cm³/mol. The highest BCUT2D eigenvalue weighted by molar-refractivity contribution is 5.72. The number of carbonyl (C=O) groups excluding carboxylic acids is 2. The van der Waals surface area contributed by atoms with E-state index in [2.05, 4.69) is 62.5 Å². The number of allylic oxidation sites excluding steroid dienone is 8. The smallest absolute Gasteiger partial charge is 0.362 e. The van der Waals surface area contributed by atoms with Crippen molar-refractivity contribution in [2.24, 2.45) is 0 Å². The van der Waals surface area contributed by atoms with Gasteiger partial charge in [-0.3, -0.25) is 9.59 Å². The predicted octanol–water partition coefficient (Wildman–Crippen LogP) is 12.8. The van der Waals surface area contributed by atoms with Crippen molar-refractivity contribution in [2.75, 3.05) is 41.0 Å². The Balaban J connectivity index is 4.27. The Morgan fingerprint density at radius 1 is 0.544 bits per heavy atom. The molecule has 0 saturated heterocycles. The number of nitrogens with zero attached hydrogens (tertiary/aromatic N) is 1. The van der Waals surface area contributed by atoms with Crippen LogP contribution in [0.5, 0.6) is 0 Å². The van der Waals surface area contributed by atoms with Gasteiger partial charge in [0, 0.05) is 19.3 Å². The number of rotatable bonds is 41. The second-order valence-corrected chi connectivity index (χ2v) is 16.6. The van der Waals surface area contributed by atoms with Crippen LogP contribution in [-0.2, 0) is 28.6 Å². The summed E-state index contributed by atoms with van der Waals surface area (Å²) in [5.74, 6) is -1.52. The van der Waals surface area contributed by atoms with E-state index in [1.165, 1.54) is 103 Å². The molecular weight excluding hydrogens is 715 g/mol. The van der Waals surface area contributed by atoms with Crippen LogP contribution in [0.25, 0.3) is 0 Å². The molecular formula is C49H88NO7+. The molecule has 8 nitrogen and oxygen atoms in total. The molecule has 0 saturated carbocycles. The summed E-state index contributed by atoms with van der Waals surface area (Å²) in [6.45, 7) is 4.58. The first-order chi connectivity index (χ1) is 27.6. The molecule has 0 aliphatic rings. The number of aliphatic carboxylic acids is 1. The molecule has 0 amide bonds. The Hall–Kier alpha value is -2.71. The highest BCUT2D eigenvalue weighted by atomic mass is 16.6. The van der Waals surface area contributed by atoms with Crippen LogP contribution in [0, 0.1) is 0 Å². The quantitative estimate of drug-likeness (QED) is 0.0284. The van der Waals surface area contributed by atoms with Gasteiger partial charge in [0.05, 0.1) is 34.4 Å². The zero-order valence-electron chi connectivity index (χ0n) is 37.5. The molecule has 8 heteroatoms. The summed E-state index contributed by atoms with van der Waals surface area (Å²) < 4.78 is 17.2. The maximum absolute atomic E-state index is 12.7. The number of quaternary nitrogens is 1. The van der Waals surface area contributed by atoms with E-state index in [0.717, 1.165) is 51.4 Å². The molecule has 0 aliphatic heterocycles. The van der Waals surface area contributed by atoms with Gasteiger partial charge in [0.2, 0.25) is 0 Å². The van der Waals surface area contributed by atoms with Gasteiger partial charge in [0.15, 0.2) is 12.1 Å². The third-order valence-electron chi connectivity index (χ3n) is 10.2. The van der Waals surface area contributed by atoms with Crippen LogP contribution in [0.1, 0.15) is 194 Å². The molecule has 0 fully saturated rings. The lowest BCUT2D eigenvalue weighted by Crippen LogP contribution is -2.50. The molecule has 0 aromatic rings. The van der Waals surface area contributed by atoms with Crippen molar-refractivity contribution in [3.8, 4) is 0 Å². The van der Waals surface area contributed by atoms with Crippen molar-refractivity contribution in [1.82, 2.24) is 0 Å². The topological polar surface area (TPSA) is 99.1 Å². The second kappa shape index (κ2) is 40.1. The molecule has 57 heavy (non-hydrogen) atoms. The average molecular weight is 803 g/mol. The van der Waals surface area contributed by atoms with Gasteiger partial charge < -0.3 is 23.8 Å². The minimum absolute atomic E-state index is 0.0438. The fraction of sp³-hybridized carbons (Fsp3) is 0.776.